The van der Waals surface area contributed by atoms with Crippen LogP contribution < -0.4 is 5.32 Å². The Kier molecular flexibility index (Phi) is 4.13. The lowest BCUT2D eigenvalue weighted by Crippen LogP contribution is -2.32. The van der Waals surface area contributed by atoms with Crippen LogP contribution in [0.25, 0.3) is 0 Å². The first-order valence-electron chi connectivity index (χ1n) is 8.46. The number of rotatable bonds is 4. The summed E-state index contributed by atoms with van der Waals surface area (Å²) in [5, 5.41) is 3.45. The summed E-state index contributed by atoms with van der Waals surface area (Å²) < 4.78 is 13.2. The smallest absolute Gasteiger partial charge is 0.258 e. The molecule has 1 aromatic heterocycles. The molecule has 0 radical (unpaired) electrons. The Morgan fingerprint density at radius 3 is 2.62 bits per heavy atom. The number of carbonyl (C=O) groups is 1. The quantitative estimate of drug-likeness (QED) is 0.765. The number of hydrogen-bond acceptors (Lipinski definition) is 3. The van der Waals surface area contributed by atoms with Crippen LogP contribution in [-0.2, 0) is 6.54 Å². The van der Waals surface area contributed by atoms with E-state index in [1.165, 1.54) is 12.1 Å². The van der Waals surface area contributed by atoms with Crippen molar-refractivity contribution in [1.82, 2.24) is 9.88 Å². The molecule has 0 saturated carbocycles. The predicted molar refractivity (Wildman–Crippen MR) is 98.1 cm³/mol. The van der Waals surface area contributed by atoms with Crippen molar-refractivity contribution in [2.75, 3.05) is 5.32 Å². The van der Waals surface area contributed by atoms with Crippen LogP contribution in [0, 0.1) is 12.7 Å². The number of pyridine rings is 1. The summed E-state index contributed by atoms with van der Waals surface area (Å²) in [6, 6.07) is 17.7. The molecule has 0 saturated heterocycles. The van der Waals surface area contributed by atoms with E-state index in [-0.39, 0.29) is 17.9 Å². The number of fused-ring (bicyclic) bond motifs is 1. The standard InChI is InChI=1S/C21H18FN3O/c1-14-5-2-3-7-18(14)24-20-19-17(6-4-12-23-19)21(26)25(20)13-15-8-10-16(22)11-9-15/h2-12,20,24H,13H2,1H3/t20-/m0/s1. The Morgan fingerprint density at radius 2 is 1.85 bits per heavy atom. The number of amides is 1. The van der Waals surface area contributed by atoms with Gasteiger partial charge in [0.15, 0.2) is 0 Å². The van der Waals surface area contributed by atoms with Gasteiger partial charge < -0.3 is 10.2 Å². The number of hydrogen-bond donors (Lipinski definition) is 1. The molecule has 26 heavy (non-hydrogen) atoms. The fraction of sp³-hybridized carbons (Fsp3) is 0.143. The number of halogens is 1. The van der Waals surface area contributed by atoms with E-state index in [2.05, 4.69) is 10.3 Å². The number of benzene rings is 2. The molecule has 130 valence electrons. The monoisotopic (exact) mass is 347 g/mol. The topological polar surface area (TPSA) is 45.2 Å². The fourth-order valence-electron chi connectivity index (χ4n) is 3.21. The third kappa shape index (κ3) is 2.92. The Hall–Kier alpha value is -3.21. The third-order valence-corrected chi connectivity index (χ3v) is 4.60. The summed E-state index contributed by atoms with van der Waals surface area (Å²) in [4.78, 5) is 19.1. The molecule has 4 nitrogen and oxygen atoms in total. The highest BCUT2D eigenvalue weighted by molar-refractivity contribution is 5.98. The summed E-state index contributed by atoms with van der Waals surface area (Å²) in [5.41, 5.74) is 4.21. The van der Waals surface area contributed by atoms with E-state index < -0.39 is 0 Å². The lowest BCUT2D eigenvalue weighted by Gasteiger charge is -2.27. The van der Waals surface area contributed by atoms with E-state index in [0.717, 1.165) is 16.8 Å². The van der Waals surface area contributed by atoms with Gasteiger partial charge in [-0.1, -0.05) is 30.3 Å². The van der Waals surface area contributed by atoms with Crippen molar-refractivity contribution in [2.45, 2.75) is 19.6 Å². The molecule has 1 aliphatic rings. The van der Waals surface area contributed by atoms with Crippen molar-refractivity contribution >= 4 is 11.6 Å². The van der Waals surface area contributed by atoms with Crippen LogP contribution in [0.3, 0.4) is 0 Å². The summed E-state index contributed by atoms with van der Waals surface area (Å²) >= 11 is 0. The number of aromatic nitrogens is 1. The van der Waals surface area contributed by atoms with Crippen LogP contribution in [0.15, 0.2) is 66.9 Å². The molecule has 5 heteroatoms. The van der Waals surface area contributed by atoms with Gasteiger partial charge in [0.05, 0.1) is 11.3 Å². The highest BCUT2D eigenvalue weighted by Gasteiger charge is 2.38. The largest absolute Gasteiger partial charge is 0.360 e. The second-order valence-electron chi connectivity index (χ2n) is 6.36. The van der Waals surface area contributed by atoms with Gasteiger partial charge in [0.2, 0.25) is 0 Å². The summed E-state index contributed by atoms with van der Waals surface area (Å²) in [5.74, 6) is -0.371. The lowest BCUT2D eigenvalue weighted by atomic mass is 10.1. The molecule has 0 aliphatic carbocycles. The molecule has 0 unspecified atom stereocenters. The van der Waals surface area contributed by atoms with Crippen molar-refractivity contribution < 1.29 is 9.18 Å². The lowest BCUT2D eigenvalue weighted by molar-refractivity contribution is 0.0727. The van der Waals surface area contributed by atoms with Crippen LogP contribution in [0.1, 0.15) is 33.3 Å². The zero-order chi connectivity index (χ0) is 18.1. The van der Waals surface area contributed by atoms with E-state index in [9.17, 15) is 9.18 Å². The van der Waals surface area contributed by atoms with Gasteiger partial charge in [0.1, 0.15) is 12.0 Å². The molecular weight excluding hydrogens is 329 g/mol. The van der Waals surface area contributed by atoms with Crippen molar-refractivity contribution in [3.63, 3.8) is 0 Å². The van der Waals surface area contributed by atoms with Crippen molar-refractivity contribution in [3.8, 4) is 0 Å². The third-order valence-electron chi connectivity index (χ3n) is 4.60. The van der Waals surface area contributed by atoms with Gasteiger partial charge in [-0.25, -0.2) is 4.39 Å². The fourth-order valence-corrected chi connectivity index (χ4v) is 3.21. The van der Waals surface area contributed by atoms with Gasteiger partial charge in [-0.3, -0.25) is 9.78 Å². The number of aryl methyl sites for hydroxylation is 1. The Morgan fingerprint density at radius 1 is 1.08 bits per heavy atom. The minimum Gasteiger partial charge on any atom is -0.360 e. The molecule has 3 aromatic rings. The van der Waals surface area contributed by atoms with E-state index in [1.54, 1.807) is 35.4 Å². The Labute approximate surface area is 151 Å². The summed E-state index contributed by atoms with van der Waals surface area (Å²) in [6.45, 7) is 2.39. The zero-order valence-corrected chi connectivity index (χ0v) is 14.3. The molecule has 4 rings (SSSR count). The zero-order valence-electron chi connectivity index (χ0n) is 14.3. The average Bonchev–Trinajstić information content (AvgIpc) is 2.91. The van der Waals surface area contributed by atoms with Crippen LogP contribution in [-0.4, -0.2) is 15.8 Å². The van der Waals surface area contributed by atoms with Gasteiger partial charge in [-0.2, -0.15) is 0 Å². The van der Waals surface area contributed by atoms with Gasteiger partial charge in [-0.05, 0) is 48.4 Å². The van der Waals surface area contributed by atoms with Crippen LogP contribution in [0.5, 0.6) is 0 Å². The van der Waals surface area contributed by atoms with E-state index in [1.807, 2.05) is 31.2 Å². The van der Waals surface area contributed by atoms with E-state index in [4.69, 9.17) is 0 Å². The molecule has 2 heterocycles. The molecule has 1 atom stereocenters. The normalized spacial score (nSPS) is 15.8. The van der Waals surface area contributed by atoms with E-state index in [0.29, 0.717) is 17.8 Å². The molecular formula is C21H18FN3O. The maximum Gasteiger partial charge on any atom is 0.258 e. The van der Waals surface area contributed by atoms with Gasteiger partial charge in [-0.15, -0.1) is 0 Å². The molecule has 0 spiro atoms. The van der Waals surface area contributed by atoms with Crippen LogP contribution in [0.4, 0.5) is 10.1 Å². The highest BCUT2D eigenvalue weighted by atomic mass is 19.1. The van der Waals surface area contributed by atoms with Crippen LogP contribution >= 0.6 is 0 Å². The van der Waals surface area contributed by atoms with Gasteiger partial charge in [0.25, 0.3) is 5.91 Å². The summed E-state index contributed by atoms with van der Waals surface area (Å²) in [6.07, 6.45) is 1.32. The molecule has 0 bridgehead atoms. The van der Waals surface area contributed by atoms with Crippen molar-refractivity contribution in [2.24, 2.45) is 0 Å². The number of nitrogens with one attached hydrogen (secondary N) is 1. The predicted octanol–water partition coefficient (Wildman–Crippen LogP) is 4.30. The maximum atomic E-state index is 13.2. The minimum atomic E-state index is -0.371. The maximum absolute atomic E-state index is 13.2. The Balaban J connectivity index is 1.70. The second kappa shape index (κ2) is 6.59. The minimum absolute atomic E-state index is 0.0801. The number of anilines is 1. The van der Waals surface area contributed by atoms with Gasteiger partial charge in [0, 0.05) is 18.4 Å². The molecule has 1 aliphatic heterocycles. The molecule has 1 N–H and O–H groups in total. The second-order valence-corrected chi connectivity index (χ2v) is 6.36. The number of carbonyl (C=O) groups excluding carboxylic acids is 1. The number of nitrogens with zero attached hydrogens (tertiary/aromatic N) is 2. The molecule has 0 fully saturated rings. The highest BCUT2D eigenvalue weighted by Crippen LogP contribution is 2.34. The first-order valence-corrected chi connectivity index (χ1v) is 8.46. The number of para-hydroxylation sites is 1. The van der Waals surface area contributed by atoms with Crippen molar-refractivity contribution in [1.29, 1.82) is 0 Å². The molecule has 2 aromatic carbocycles. The summed E-state index contributed by atoms with van der Waals surface area (Å²) in [7, 11) is 0. The Bertz CT molecular complexity index is 955. The first-order chi connectivity index (χ1) is 12.6. The van der Waals surface area contributed by atoms with Crippen molar-refractivity contribution in [3.05, 3.63) is 95.1 Å². The SMILES string of the molecule is Cc1ccccc1N[C@@H]1c2ncccc2C(=O)N1Cc1ccc(F)cc1. The van der Waals surface area contributed by atoms with Gasteiger partial charge >= 0.3 is 0 Å². The first kappa shape index (κ1) is 16.3. The average molecular weight is 347 g/mol. The molecule has 1 amide bonds. The van der Waals surface area contributed by atoms with E-state index >= 15 is 0 Å². The van der Waals surface area contributed by atoms with Crippen LogP contribution in [0.2, 0.25) is 0 Å².